The second-order valence-corrected chi connectivity index (χ2v) is 15.3. The molecule has 3 amide bonds. The molecule has 0 aliphatic carbocycles. The van der Waals surface area contributed by atoms with Crippen LogP contribution in [0.25, 0.3) is 21.1 Å². The van der Waals surface area contributed by atoms with Gasteiger partial charge in [0.15, 0.2) is 0 Å². The molecule has 15 heteroatoms. The molecule has 1 aliphatic heterocycles. The van der Waals surface area contributed by atoms with Crippen LogP contribution in [0, 0.1) is 11.3 Å². The van der Waals surface area contributed by atoms with Crippen LogP contribution in [0.3, 0.4) is 0 Å². The second kappa shape index (κ2) is 16.8. The van der Waals surface area contributed by atoms with Crippen LogP contribution in [0.15, 0.2) is 53.5 Å². The van der Waals surface area contributed by atoms with Crippen LogP contribution in [0.2, 0.25) is 0 Å². The number of aromatic nitrogens is 2. The van der Waals surface area contributed by atoms with Gasteiger partial charge in [0.2, 0.25) is 17.7 Å². The molecule has 5 rings (SSSR count). The maximum atomic E-state index is 12.8. The van der Waals surface area contributed by atoms with Gasteiger partial charge in [-0.2, -0.15) is 5.26 Å². The predicted molar refractivity (Wildman–Crippen MR) is 193 cm³/mol. The van der Waals surface area contributed by atoms with E-state index in [1.807, 2.05) is 42.5 Å². The highest BCUT2D eigenvalue weighted by Gasteiger charge is 2.27. The normalized spacial score (nSPS) is 14.7. The van der Waals surface area contributed by atoms with Crippen molar-refractivity contribution >= 4 is 94.3 Å². The molecule has 47 heavy (non-hydrogen) atoms. The number of rotatable bonds is 15. The zero-order valence-corrected chi connectivity index (χ0v) is 29.0. The van der Waals surface area contributed by atoms with Gasteiger partial charge in [0.25, 0.3) is 0 Å². The zero-order valence-electron chi connectivity index (χ0n) is 25.8. The van der Waals surface area contributed by atoms with Crippen molar-refractivity contribution in [2.75, 3.05) is 35.7 Å². The summed E-state index contributed by atoms with van der Waals surface area (Å²) in [6.07, 6.45) is 0.994. The van der Waals surface area contributed by atoms with Gasteiger partial charge in [0.05, 0.1) is 22.3 Å². The van der Waals surface area contributed by atoms with E-state index < -0.39 is 12.1 Å². The van der Waals surface area contributed by atoms with Crippen molar-refractivity contribution in [3.63, 3.8) is 0 Å². The summed E-state index contributed by atoms with van der Waals surface area (Å²) < 4.78 is 6.71. The van der Waals surface area contributed by atoms with E-state index in [9.17, 15) is 14.4 Å². The fraction of sp³-hybridized carbons (Fsp3) is 0.344. The molecule has 11 nitrogen and oxygen atoms in total. The number of thiazole rings is 1. The number of hydrogen-bond acceptors (Lipinski definition) is 12. The molecule has 0 radical (unpaired) electrons. The minimum absolute atomic E-state index is 0.136. The Hall–Kier alpha value is -3.84. The van der Waals surface area contributed by atoms with E-state index in [2.05, 4.69) is 32.9 Å². The van der Waals surface area contributed by atoms with Gasteiger partial charge in [-0.15, -0.1) is 23.1 Å². The van der Waals surface area contributed by atoms with E-state index in [4.69, 9.17) is 15.0 Å². The number of carbonyl (C=O) groups is 3. The van der Waals surface area contributed by atoms with Crippen molar-refractivity contribution in [3.05, 3.63) is 59.2 Å². The van der Waals surface area contributed by atoms with Crippen LogP contribution >= 0.6 is 44.7 Å². The van der Waals surface area contributed by atoms with Gasteiger partial charge >= 0.3 is 0 Å². The fourth-order valence-electron chi connectivity index (χ4n) is 4.47. The third-order valence-electron chi connectivity index (χ3n) is 6.84. The van der Waals surface area contributed by atoms with Crippen molar-refractivity contribution in [1.29, 1.82) is 5.26 Å². The average molecular weight is 708 g/mol. The lowest BCUT2D eigenvalue weighted by atomic mass is 10.2. The molecule has 0 unspecified atom stereocenters. The predicted octanol–water partition coefficient (Wildman–Crippen LogP) is 5.40. The first-order chi connectivity index (χ1) is 22.8. The van der Waals surface area contributed by atoms with Crippen LogP contribution in [0.5, 0.6) is 5.75 Å². The Balaban J connectivity index is 1.07. The van der Waals surface area contributed by atoms with Gasteiger partial charge in [-0.3, -0.25) is 19.4 Å². The molecule has 0 saturated carbocycles. The summed E-state index contributed by atoms with van der Waals surface area (Å²) in [5.74, 6) is 2.34. The highest BCUT2D eigenvalue weighted by molar-refractivity contribution is 8.76. The second-order valence-electron chi connectivity index (χ2n) is 10.4. The molecule has 0 bridgehead atoms. The van der Waals surface area contributed by atoms with Crippen LogP contribution in [0.4, 0.5) is 5.69 Å². The number of pyridine rings is 1. The highest BCUT2D eigenvalue weighted by Crippen LogP contribution is 2.31. The molecule has 2 atom stereocenters. The molecular weight excluding hydrogens is 675 g/mol. The van der Waals surface area contributed by atoms with Crippen molar-refractivity contribution in [3.8, 4) is 11.8 Å². The number of benzene rings is 2. The number of carbonyl (C=O) groups excluding carboxylic acids is 3. The monoisotopic (exact) mass is 707 g/mol. The van der Waals surface area contributed by atoms with Crippen molar-refractivity contribution in [1.82, 2.24) is 20.6 Å². The van der Waals surface area contributed by atoms with Crippen LogP contribution in [-0.4, -0.2) is 75.2 Å². The van der Waals surface area contributed by atoms with Gasteiger partial charge in [-0.1, -0.05) is 28.5 Å². The highest BCUT2D eigenvalue weighted by atomic mass is 33.1. The van der Waals surface area contributed by atoms with Gasteiger partial charge in [-0.05, 0) is 61.9 Å². The van der Waals surface area contributed by atoms with Gasteiger partial charge < -0.3 is 20.7 Å². The number of thioether (sulfide) groups is 1. The number of ether oxygens (including phenoxy) is 1. The lowest BCUT2D eigenvalue weighted by molar-refractivity contribution is -0.125. The Bertz CT molecular complexity index is 1840. The van der Waals surface area contributed by atoms with Crippen LogP contribution in [-0.2, 0) is 14.4 Å². The first kappa shape index (κ1) is 34.5. The maximum Gasteiger partial charge on any atom is 0.246 e. The largest absolute Gasteiger partial charge is 0.494 e. The third kappa shape index (κ3) is 9.60. The Kier molecular flexibility index (Phi) is 12.3. The van der Waals surface area contributed by atoms with E-state index in [1.54, 1.807) is 40.6 Å². The van der Waals surface area contributed by atoms with E-state index in [-0.39, 0.29) is 17.7 Å². The number of amides is 3. The summed E-state index contributed by atoms with van der Waals surface area (Å²) >= 11 is 2.95. The number of fused-ring (bicyclic) bond motifs is 2. The average Bonchev–Trinajstić information content (AvgIpc) is 3.74. The number of nitriles is 1. The first-order valence-electron chi connectivity index (χ1n) is 15.0. The fourth-order valence-corrected chi connectivity index (χ4v) is 8.24. The smallest absolute Gasteiger partial charge is 0.246 e. The topological polar surface area (TPSA) is 158 Å². The molecule has 4 aromatic rings. The summed E-state index contributed by atoms with van der Waals surface area (Å²) in [6, 6.07) is 15.4. The zero-order chi connectivity index (χ0) is 33.2. The summed E-state index contributed by atoms with van der Waals surface area (Å²) in [5.41, 5.74) is 2.50. The Morgan fingerprint density at radius 3 is 2.79 bits per heavy atom. The van der Waals surface area contributed by atoms with Gasteiger partial charge in [0.1, 0.15) is 39.6 Å². The molecule has 1 aliphatic rings. The third-order valence-corrected chi connectivity index (χ3v) is 11.5. The summed E-state index contributed by atoms with van der Waals surface area (Å²) in [5, 5.41) is 19.9. The van der Waals surface area contributed by atoms with E-state index in [0.29, 0.717) is 54.6 Å². The van der Waals surface area contributed by atoms with E-state index >= 15 is 0 Å². The molecule has 3 heterocycles. The standard InChI is InChI=1S/C32H33N7O4S4/c1-3-45-46-14-11-28(40)35-19(2)29(41)37-21-7-9-25-27(16-21)47-32(38-25)31-39-26(18-44-31)30(42)34-12-4-13-43-23-8-10-24-20(15-23)5-6-22(17-33)36-24/h5-10,15-16,19,26H,3-4,11-14,18H2,1-2H3,(H,34,42)(H,35,40)(H,37,41)/t19-,26-/m1/s1. The summed E-state index contributed by atoms with van der Waals surface area (Å²) in [7, 11) is 3.36. The first-order valence-corrected chi connectivity index (χ1v) is 19.3. The number of anilines is 1. The summed E-state index contributed by atoms with van der Waals surface area (Å²) in [4.78, 5) is 51.2. The minimum Gasteiger partial charge on any atom is -0.494 e. The number of nitrogens with one attached hydrogen (secondary N) is 3. The summed E-state index contributed by atoms with van der Waals surface area (Å²) in [6.45, 7) is 4.62. The van der Waals surface area contributed by atoms with Crippen molar-refractivity contribution in [2.45, 2.75) is 38.8 Å². The number of hydrogen-bond donors (Lipinski definition) is 3. The van der Waals surface area contributed by atoms with Crippen LogP contribution in [0.1, 0.15) is 37.4 Å². The van der Waals surface area contributed by atoms with Crippen LogP contribution < -0.4 is 20.7 Å². The van der Waals surface area contributed by atoms with E-state index in [1.165, 1.54) is 23.1 Å². The molecule has 0 fully saturated rings. The Morgan fingerprint density at radius 2 is 1.96 bits per heavy atom. The molecule has 2 aromatic carbocycles. The van der Waals surface area contributed by atoms with Gasteiger partial charge in [0, 0.05) is 41.3 Å². The Labute approximate surface area is 288 Å². The molecular formula is C32H33N7O4S4. The molecule has 2 aromatic heterocycles. The van der Waals surface area contributed by atoms with Crippen molar-refractivity contribution < 1.29 is 19.1 Å². The molecule has 0 saturated heterocycles. The molecule has 3 N–H and O–H groups in total. The molecule has 244 valence electrons. The lowest BCUT2D eigenvalue weighted by Crippen LogP contribution is -2.41. The lowest BCUT2D eigenvalue weighted by Gasteiger charge is -2.14. The number of aliphatic imine (C=N–C) groups is 1. The minimum atomic E-state index is -0.665. The number of nitrogens with zero attached hydrogens (tertiary/aromatic N) is 4. The SMILES string of the molecule is CCSSCCC(=O)N[C@H](C)C(=O)Nc1ccc2nc(C3=N[C@@H](C(=O)NCCCOc4ccc5nc(C#N)ccc5c4)CS3)sc2c1. The maximum absolute atomic E-state index is 12.8. The van der Waals surface area contributed by atoms with Crippen molar-refractivity contribution in [2.24, 2.45) is 4.99 Å². The van der Waals surface area contributed by atoms with E-state index in [0.717, 1.165) is 36.9 Å². The quantitative estimate of drug-likeness (QED) is 0.108. The molecule has 0 spiro atoms. The Morgan fingerprint density at radius 1 is 1.11 bits per heavy atom. The van der Waals surface area contributed by atoms with Gasteiger partial charge in [-0.25, -0.2) is 9.97 Å².